The van der Waals surface area contributed by atoms with Gasteiger partial charge in [0.25, 0.3) is 0 Å². The molecule has 3 heteroatoms. The number of carbonyl (C=O) groups excluding carboxylic acids is 1. The number of allylic oxidation sites excluding steroid dienone is 2. The quantitative estimate of drug-likeness (QED) is 0.692. The van der Waals surface area contributed by atoms with Crippen LogP contribution in [0.15, 0.2) is 12.2 Å². The summed E-state index contributed by atoms with van der Waals surface area (Å²) >= 11 is 0. The molecule has 0 aromatic heterocycles. The second-order valence-corrected chi connectivity index (χ2v) is 4.16. The number of carboxylic acids is 1. The minimum absolute atomic E-state index is 0.0954. The molecule has 2 bridgehead atoms. The number of rotatable bonds is 3. The third-order valence-electron chi connectivity index (χ3n) is 3.46. The van der Waals surface area contributed by atoms with Crippen molar-refractivity contribution in [1.29, 1.82) is 0 Å². The van der Waals surface area contributed by atoms with E-state index in [1.807, 2.05) is 12.2 Å². The van der Waals surface area contributed by atoms with Crippen LogP contribution in [0, 0.1) is 23.7 Å². The molecule has 3 nitrogen and oxygen atoms in total. The fourth-order valence-corrected chi connectivity index (χ4v) is 2.83. The van der Waals surface area contributed by atoms with E-state index < -0.39 is 11.9 Å². The lowest BCUT2D eigenvalue weighted by Gasteiger charge is -2.22. The van der Waals surface area contributed by atoms with Crippen molar-refractivity contribution in [2.24, 2.45) is 23.7 Å². The molecule has 4 atom stereocenters. The number of hydrogen-bond donors (Lipinski definition) is 1. The van der Waals surface area contributed by atoms with E-state index in [9.17, 15) is 9.59 Å². The number of carbonyl (C=O) groups is 2. The number of fused-ring (bicyclic) bond motifs is 2. The SMILES string of the molecule is CCC(=O)[C@H]1[C@@H](C(=O)O)[C@H]2C=C[C@@H]1C2. The first kappa shape index (κ1) is 9.44. The molecule has 0 spiro atoms. The molecule has 0 heterocycles. The summed E-state index contributed by atoms with van der Waals surface area (Å²) < 4.78 is 0. The van der Waals surface area contributed by atoms with Crippen LogP contribution >= 0.6 is 0 Å². The van der Waals surface area contributed by atoms with Gasteiger partial charge in [0.15, 0.2) is 0 Å². The molecule has 1 N–H and O–H groups in total. The van der Waals surface area contributed by atoms with Gasteiger partial charge in [-0.1, -0.05) is 19.1 Å². The molecule has 2 aliphatic carbocycles. The van der Waals surface area contributed by atoms with Gasteiger partial charge in [0.2, 0.25) is 0 Å². The van der Waals surface area contributed by atoms with Crippen LogP contribution in [0.5, 0.6) is 0 Å². The third kappa shape index (κ3) is 1.19. The topological polar surface area (TPSA) is 54.4 Å². The van der Waals surface area contributed by atoms with Gasteiger partial charge in [-0.15, -0.1) is 0 Å². The second-order valence-electron chi connectivity index (χ2n) is 4.16. The van der Waals surface area contributed by atoms with Crippen molar-refractivity contribution in [3.63, 3.8) is 0 Å². The molecular formula is C11H14O3. The molecule has 76 valence electrons. The molecule has 14 heavy (non-hydrogen) atoms. The van der Waals surface area contributed by atoms with Crippen molar-refractivity contribution in [2.75, 3.05) is 0 Å². The van der Waals surface area contributed by atoms with Gasteiger partial charge < -0.3 is 5.11 Å². The summed E-state index contributed by atoms with van der Waals surface area (Å²) in [6.07, 6.45) is 5.28. The van der Waals surface area contributed by atoms with Crippen LogP contribution in [0.3, 0.4) is 0 Å². The lowest BCUT2D eigenvalue weighted by Crippen LogP contribution is -2.32. The molecule has 0 radical (unpaired) electrons. The van der Waals surface area contributed by atoms with Gasteiger partial charge in [-0.05, 0) is 18.3 Å². The Kier molecular flexibility index (Phi) is 2.17. The number of carboxylic acid groups (broad SMARTS) is 1. The van der Waals surface area contributed by atoms with Gasteiger partial charge in [-0.3, -0.25) is 9.59 Å². The normalized spacial score (nSPS) is 38.9. The number of hydrogen-bond acceptors (Lipinski definition) is 2. The van der Waals surface area contributed by atoms with Crippen LogP contribution < -0.4 is 0 Å². The van der Waals surface area contributed by atoms with Gasteiger partial charge in [0.1, 0.15) is 5.78 Å². The summed E-state index contributed by atoms with van der Waals surface area (Å²) in [5.41, 5.74) is 0. The summed E-state index contributed by atoms with van der Waals surface area (Å²) in [5.74, 6) is -1.14. The van der Waals surface area contributed by atoms with Crippen molar-refractivity contribution in [1.82, 2.24) is 0 Å². The number of ketones is 1. The molecular weight excluding hydrogens is 180 g/mol. The van der Waals surface area contributed by atoms with Crippen molar-refractivity contribution < 1.29 is 14.7 Å². The van der Waals surface area contributed by atoms with Crippen LogP contribution in [-0.4, -0.2) is 16.9 Å². The first-order valence-electron chi connectivity index (χ1n) is 5.09. The maximum atomic E-state index is 11.6. The first-order valence-corrected chi connectivity index (χ1v) is 5.09. The molecule has 2 rings (SSSR count). The van der Waals surface area contributed by atoms with E-state index in [1.165, 1.54) is 0 Å². The maximum Gasteiger partial charge on any atom is 0.307 e. The van der Waals surface area contributed by atoms with E-state index in [-0.39, 0.29) is 23.5 Å². The fourth-order valence-electron chi connectivity index (χ4n) is 2.83. The zero-order valence-corrected chi connectivity index (χ0v) is 8.14. The Morgan fingerprint density at radius 3 is 2.36 bits per heavy atom. The predicted octanol–water partition coefficient (Wildman–Crippen LogP) is 1.49. The second kappa shape index (κ2) is 3.23. The van der Waals surface area contributed by atoms with E-state index in [2.05, 4.69) is 0 Å². The van der Waals surface area contributed by atoms with Crippen molar-refractivity contribution in [2.45, 2.75) is 19.8 Å². The van der Waals surface area contributed by atoms with Crippen molar-refractivity contribution in [3.8, 4) is 0 Å². The maximum absolute atomic E-state index is 11.6. The summed E-state index contributed by atoms with van der Waals surface area (Å²) in [7, 11) is 0. The van der Waals surface area contributed by atoms with E-state index in [0.717, 1.165) is 6.42 Å². The Morgan fingerprint density at radius 1 is 1.29 bits per heavy atom. The Morgan fingerprint density at radius 2 is 1.86 bits per heavy atom. The van der Waals surface area contributed by atoms with Crippen LogP contribution in [-0.2, 0) is 9.59 Å². The molecule has 2 aliphatic rings. The molecule has 0 amide bonds. The lowest BCUT2D eigenvalue weighted by atomic mass is 9.80. The van der Waals surface area contributed by atoms with Gasteiger partial charge >= 0.3 is 5.97 Å². The summed E-state index contributed by atoms with van der Waals surface area (Å²) in [6.45, 7) is 1.80. The van der Waals surface area contributed by atoms with E-state index in [1.54, 1.807) is 6.92 Å². The average Bonchev–Trinajstić information content (AvgIpc) is 2.74. The van der Waals surface area contributed by atoms with Gasteiger partial charge in [-0.25, -0.2) is 0 Å². The molecule has 1 fully saturated rings. The van der Waals surface area contributed by atoms with Crippen LogP contribution in [0.25, 0.3) is 0 Å². The monoisotopic (exact) mass is 194 g/mol. The van der Waals surface area contributed by atoms with Crippen LogP contribution in [0.1, 0.15) is 19.8 Å². The van der Waals surface area contributed by atoms with Gasteiger partial charge in [-0.2, -0.15) is 0 Å². The molecule has 0 saturated heterocycles. The minimum atomic E-state index is -0.811. The predicted molar refractivity (Wildman–Crippen MR) is 50.7 cm³/mol. The highest BCUT2D eigenvalue weighted by molar-refractivity contribution is 5.88. The fraction of sp³-hybridized carbons (Fsp3) is 0.636. The third-order valence-corrected chi connectivity index (χ3v) is 3.46. The smallest absolute Gasteiger partial charge is 0.307 e. The largest absolute Gasteiger partial charge is 0.481 e. The standard InChI is InChI=1S/C11H14O3/c1-2-8(12)9-6-3-4-7(5-6)10(9)11(13)14/h3-4,6-7,9-10H,2,5H2,1H3,(H,13,14)/t6-,7+,9+,10+/m1/s1. The Hall–Kier alpha value is -1.12. The Labute approximate surface area is 82.8 Å². The van der Waals surface area contributed by atoms with Gasteiger partial charge in [0, 0.05) is 12.3 Å². The Bertz CT molecular complexity index is 306. The minimum Gasteiger partial charge on any atom is -0.481 e. The van der Waals surface area contributed by atoms with Crippen LogP contribution in [0.2, 0.25) is 0 Å². The van der Waals surface area contributed by atoms with E-state index in [4.69, 9.17) is 5.11 Å². The number of aliphatic carboxylic acids is 1. The molecule has 1 saturated carbocycles. The van der Waals surface area contributed by atoms with Crippen molar-refractivity contribution in [3.05, 3.63) is 12.2 Å². The van der Waals surface area contributed by atoms with E-state index >= 15 is 0 Å². The highest BCUT2D eigenvalue weighted by Crippen LogP contribution is 2.48. The molecule has 0 aromatic carbocycles. The van der Waals surface area contributed by atoms with Gasteiger partial charge in [0.05, 0.1) is 5.92 Å². The molecule has 0 aromatic rings. The molecule has 0 aliphatic heterocycles. The summed E-state index contributed by atoms with van der Waals surface area (Å²) in [6, 6.07) is 0. The highest BCUT2D eigenvalue weighted by Gasteiger charge is 2.50. The summed E-state index contributed by atoms with van der Waals surface area (Å²) in [4.78, 5) is 22.7. The zero-order valence-electron chi connectivity index (χ0n) is 8.14. The molecule has 0 unspecified atom stereocenters. The van der Waals surface area contributed by atoms with Crippen molar-refractivity contribution >= 4 is 11.8 Å². The number of Topliss-reactive ketones (excluding diaryl/α,β-unsaturated/α-hetero) is 1. The van der Waals surface area contributed by atoms with E-state index in [0.29, 0.717) is 6.42 Å². The zero-order chi connectivity index (χ0) is 10.3. The lowest BCUT2D eigenvalue weighted by molar-refractivity contribution is -0.147. The average molecular weight is 194 g/mol. The first-order chi connectivity index (χ1) is 6.65. The van der Waals surface area contributed by atoms with Crippen LogP contribution in [0.4, 0.5) is 0 Å². The highest BCUT2D eigenvalue weighted by atomic mass is 16.4. The summed E-state index contributed by atoms with van der Waals surface area (Å²) in [5, 5.41) is 9.06. The Balaban J connectivity index is 2.26.